The molecule has 0 saturated carbocycles. The van der Waals surface area contributed by atoms with Crippen LogP contribution >= 0.6 is 0 Å². The van der Waals surface area contributed by atoms with Crippen LogP contribution in [0.1, 0.15) is 40.9 Å². The first-order chi connectivity index (χ1) is 10.1. The highest BCUT2D eigenvalue weighted by Gasteiger charge is 2.27. The molecule has 0 N–H and O–H groups in total. The third-order valence-electron chi connectivity index (χ3n) is 4.30. The van der Waals surface area contributed by atoms with Gasteiger partial charge in [-0.3, -0.25) is 4.79 Å². The highest BCUT2D eigenvalue weighted by atomic mass is 16.1. The van der Waals surface area contributed by atoms with Crippen molar-refractivity contribution in [2.75, 3.05) is 0 Å². The minimum atomic E-state index is 0.123. The lowest BCUT2D eigenvalue weighted by atomic mass is 9.93. The van der Waals surface area contributed by atoms with Gasteiger partial charge in [0, 0.05) is 11.5 Å². The smallest absolute Gasteiger partial charge is 0.166 e. The summed E-state index contributed by atoms with van der Waals surface area (Å²) in [6, 6.07) is 16.6. The van der Waals surface area contributed by atoms with Gasteiger partial charge in [-0.15, -0.1) is 0 Å². The molecule has 1 aliphatic rings. The zero-order valence-electron chi connectivity index (χ0n) is 12.8. The number of benzene rings is 2. The fraction of sp³-hybridized carbons (Fsp3) is 0.350. The van der Waals surface area contributed by atoms with E-state index in [1.54, 1.807) is 0 Å². The number of hydrogen-bond donors (Lipinski definition) is 0. The minimum Gasteiger partial charge on any atom is -0.294 e. The third kappa shape index (κ3) is 3.07. The fourth-order valence-electron chi connectivity index (χ4n) is 3.26. The van der Waals surface area contributed by atoms with Crippen molar-refractivity contribution >= 4 is 5.78 Å². The van der Waals surface area contributed by atoms with E-state index in [2.05, 4.69) is 50.2 Å². The summed E-state index contributed by atoms with van der Waals surface area (Å²) in [6.45, 7) is 4.43. The van der Waals surface area contributed by atoms with Crippen LogP contribution in [0.5, 0.6) is 0 Å². The molecule has 0 amide bonds. The van der Waals surface area contributed by atoms with Gasteiger partial charge in [-0.25, -0.2) is 0 Å². The van der Waals surface area contributed by atoms with Crippen LogP contribution in [0.2, 0.25) is 0 Å². The Balaban J connectivity index is 1.72. The molecule has 0 saturated heterocycles. The molecule has 108 valence electrons. The summed E-state index contributed by atoms with van der Waals surface area (Å²) >= 11 is 0. The molecule has 0 aliphatic heterocycles. The molecule has 0 aromatic heterocycles. The van der Waals surface area contributed by atoms with E-state index in [0.717, 1.165) is 24.8 Å². The van der Waals surface area contributed by atoms with Crippen molar-refractivity contribution < 1.29 is 4.79 Å². The van der Waals surface area contributed by atoms with Gasteiger partial charge in [0.1, 0.15) is 0 Å². The summed E-state index contributed by atoms with van der Waals surface area (Å²) in [6.07, 6.45) is 2.86. The molecule has 0 fully saturated rings. The quantitative estimate of drug-likeness (QED) is 0.753. The molecule has 0 unspecified atom stereocenters. The van der Waals surface area contributed by atoms with Gasteiger partial charge in [-0.2, -0.15) is 0 Å². The molecule has 2 aromatic carbocycles. The van der Waals surface area contributed by atoms with Crippen molar-refractivity contribution in [3.63, 3.8) is 0 Å². The molecular weight excluding hydrogens is 256 g/mol. The maximum atomic E-state index is 12.6. The normalized spacial score (nSPS) is 14.4. The molecule has 1 heteroatoms. The Morgan fingerprint density at radius 3 is 2.10 bits per heavy atom. The van der Waals surface area contributed by atoms with Crippen molar-refractivity contribution in [2.24, 2.45) is 11.8 Å². The van der Waals surface area contributed by atoms with Crippen LogP contribution in [0, 0.1) is 11.8 Å². The molecule has 3 rings (SSSR count). The Morgan fingerprint density at radius 1 is 1.00 bits per heavy atom. The SMILES string of the molecule is CC(C)Cc1ccc(C(=O)C2Cc3ccccc3C2)cc1. The first-order valence-corrected chi connectivity index (χ1v) is 7.83. The van der Waals surface area contributed by atoms with Crippen LogP contribution in [0.3, 0.4) is 0 Å². The molecule has 2 aromatic rings. The molecule has 1 aliphatic carbocycles. The average molecular weight is 278 g/mol. The minimum absolute atomic E-state index is 0.123. The van der Waals surface area contributed by atoms with Gasteiger partial charge in [-0.1, -0.05) is 62.4 Å². The van der Waals surface area contributed by atoms with Crippen molar-refractivity contribution in [1.82, 2.24) is 0 Å². The van der Waals surface area contributed by atoms with E-state index >= 15 is 0 Å². The number of Topliss-reactive ketones (excluding diaryl/α,β-unsaturated/α-hetero) is 1. The number of rotatable bonds is 4. The number of carbonyl (C=O) groups excluding carboxylic acids is 1. The Morgan fingerprint density at radius 2 is 1.57 bits per heavy atom. The van der Waals surface area contributed by atoms with Gasteiger partial charge in [-0.05, 0) is 41.9 Å². The fourth-order valence-corrected chi connectivity index (χ4v) is 3.26. The summed E-state index contributed by atoms with van der Waals surface area (Å²) < 4.78 is 0. The standard InChI is InChI=1S/C20H22O/c1-14(2)11-15-7-9-16(10-8-15)20(21)19-12-17-5-3-4-6-18(17)13-19/h3-10,14,19H,11-13H2,1-2H3. The summed E-state index contributed by atoms with van der Waals surface area (Å²) in [4.78, 5) is 12.6. The average Bonchev–Trinajstić information content (AvgIpc) is 2.90. The number of carbonyl (C=O) groups is 1. The summed E-state index contributed by atoms with van der Waals surface area (Å²) in [5.41, 5.74) is 4.86. The van der Waals surface area contributed by atoms with E-state index in [4.69, 9.17) is 0 Å². The predicted octanol–water partition coefficient (Wildman–Crippen LogP) is 4.48. The number of fused-ring (bicyclic) bond motifs is 1. The zero-order valence-corrected chi connectivity index (χ0v) is 12.8. The van der Waals surface area contributed by atoms with Crippen molar-refractivity contribution in [3.8, 4) is 0 Å². The molecule has 0 radical (unpaired) electrons. The van der Waals surface area contributed by atoms with Gasteiger partial charge < -0.3 is 0 Å². The van der Waals surface area contributed by atoms with Crippen molar-refractivity contribution in [2.45, 2.75) is 33.1 Å². The second-order valence-electron chi connectivity index (χ2n) is 6.53. The molecule has 0 bridgehead atoms. The van der Waals surface area contributed by atoms with Crippen LogP contribution in [0.4, 0.5) is 0 Å². The molecule has 0 atom stereocenters. The summed E-state index contributed by atoms with van der Waals surface area (Å²) in [5.74, 6) is 1.07. The van der Waals surface area contributed by atoms with Crippen LogP contribution < -0.4 is 0 Å². The molecular formula is C20H22O. The molecule has 0 heterocycles. The van der Waals surface area contributed by atoms with Gasteiger partial charge in [0.25, 0.3) is 0 Å². The lowest BCUT2D eigenvalue weighted by molar-refractivity contribution is 0.0924. The molecule has 1 nitrogen and oxygen atoms in total. The topological polar surface area (TPSA) is 17.1 Å². The Hall–Kier alpha value is -1.89. The van der Waals surface area contributed by atoms with Crippen LogP contribution in [-0.2, 0) is 19.3 Å². The summed E-state index contributed by atoms with van der Waals surface area (Å²) in [5, 5.41) is 0. The van der Waals surface area contributed by atoms with E-state index in [0.29, 0.717) is 11.7 Å². The Kier molecular flexibility index (Phi) is 3.92. The number of hydrogen-bond acceptors (Lipinski definition) is 1. The van der Waals surface area contributed by atoms with E-state index in [-0.39, 0.29) is 5.92 Å². The lowest BCUT2D eigenvalue weighted by Crippen LogP contribution is -2.15. The van der Waals surface area contributed by atoms with Crippen molar-refractivity contribution in [3.05, 3.63) is 70.8 Å². The van der Waals surface area contributed by atoms with E-state index in [9.17, 15) is 4.79 Å². The zero-order chi connectivity index (χ0) is 14.8. The Labute approximate surface area is 127 Å². The van der Waals surface area contributed by atoms with Gasteiger partial charge in [0.05, 0.1) is 0 Å². The van der Waals surface area contributed by atoms with Crippen LogP contribution in [0.15, 0.2) is 48.5 Å². The highest BCUT2D eigenvalue weighted by molar-refractivity contribution is 5.98. The molecule has 21 heavy (non-hydrogen) atoms. The number of ketones is 1. The van der Waals surface area contributed by atoms with Gasteiger partial charge in [0.2, 0.25) is 0 Å². The molecule has 0 spiro atoms. The first kappa shape index (κ1) is 14.1. The van der Waals surface area contributed by atoms with E-state index in [1.807, 2.05) is 12.1 Å². The first-order valence-electron chi connectivity index (χ1n) is 7.83. The van der Waals surface area contributed by atoms with E-state index < -0.39 is 0 Å². The van der Waals surface area contributed by atoms with Gasteiger partial charge >= 0.3 is 0 Å². The lowest BCUT2D eigenvalue weighted by Gasteiger charge is -2.10. The third-order valence-corrected chi connectivity index (χ3v) is 4.30. The van der Waals surface area contributed by atoms with Crippen LogP contribution in [0.25, 0.3) is 0 Å². The monoisotopic (exact) mass is 278 g/mol. The second kappa shape index (κ2) is 5.85. The van der Waals surface area contributed by atoms with Crippen molar-refractivity contribution in [1.29, 1.82) is 0 Å². The van der Waals surface area contributed by atoms with Crippen LogP contribution in [-0.4, -0.2) is 5.78 Å². The maximum Gasteiger partial charge on any atom is 0.166 e. The Bertz CT molecular complexity index is 612. The van der Waals surface area contributed by atoms with E-state index in [1.165, 1.54) is 16.7 Å². The predicted molar refractivity (Wildman–Crippen MR) is 86.7 cm³/mol. The second-order valence-corrected chi connectivity index (χ2v) is 6.53. The largest absolute Gasteiger partial charge is 0.294 e. The highest BCUT2D eigenvalue weighted by Crippen LogP contribution is 2.29. The van der Waals surface area contributed by atoms with Gasteiger partial charge in [0.15, 0.2) is 5.78 Å². The maximum absolute atomic E-state index is 12.6. The summed E-state index contributed by atoms with van der Waals surface area (Å²) in [7, 11) is 0.